The topological polar surface area (TPSA) is 108 Å². The highest BCUT2D eigenvalue weighted by Gasteiger charge is 2.27. The van der Waals surface area contributed by atoms with Crippen molar-refractivity contribution in [3.8, 4) is 0 Å². The molecule has 0 heterocycles. The number of carbonyl (C=O) groups is 2. The quantitative estimate of drug-likeness (QED) is 0.0278. The van der Waals surface area contributed by atoms with Crippen molar-refractivity contribution in [3.63, 3.8) is 0 Å². The van der Waals surface area contributed by atoms with E-state index in [1.165, 1.54) is 321 Å². The number of quaternary nitrogens is 1. The summed E-state index contributed by atoms with van der Waals surface area (Å²) in [4.78, 5) is 35.8. The average Bonchev–Trinajstić information content (AvgIpc) is 3.42. The van der Waals surface area contributed by atoms with E-state index in [-0.39, 0.29) is 25.6 Å². The zero-order chi connectivity index (χ0) is 58.4. The molecular formula is C70H141NO8P+. The molecule has 0 aliphatic carbocycles. The number of nitrogens with zero attached hydrogens (tertiary/aromatic N) is 1. The molecule has 0 aliphatic rings. The summed E-state index contributed by atoms with van der Waals surface area (Å²) in [5, 5.41) is 0. The van der Waals surface area contributed by atoms with Gasteiger partial charge in [-0.15, -0.1) is 0 Å². The van der Waals surface area contributed by atoms with Crippen molar-refractivity contribution >= 4 is 19.8 Å². The highest BCUT2D eigenvalue weighted by molar-refractivity contribution is 7.47. The van der Waals surface area contributed by atoms with Crippen LogP contribution in [0.1, 0.15) is 386 Å². The molecule has 10 heteroatoms. The third-order valence-electron chi connectivity index (χ3n) is 16.6. The van der Waals surface area contributed by atoms with Gasteiger partial charge in [0.15, 0.2) is 6.10 Å². The SMILES string of the molecule is CCCCCCCCCCCCCCCCCCCCCCCCCCCCCCCCCCCCCC(=O)OC(COC(=O)CCCCCCCCCCCCCCCCCCCCCCC)COP(=O)(O)OCC[N+](C)(C)C. The van der Waals surface area contributed by atoms with Gasteiger partial charge in [0, 0.05) is 12.8 Å². The van der Waals surface area contributed by atoms with Gasteiger partial charge < -0.3 is 18.9 Å². The molecule has 0 saturated heterocycles. The second-order valence-electron chi connectivity index (χ2n) is 26.0. The lowest BCUT2D eigenvalue weighted by atomic mass is 10.0. The zero-order valence-corrected chi connectivity index (χ0v) is 55.5. The first-order valence-electron chi connectivity index (χ1n) is 35.8. The Labute approximate surface area is 499 Å². The standard InChI is InChI=1S/C70H140NO8P/c1-6-8-10-12-14-16-18-20-22-24-26-28-29-30-31-32-33-34-35-36-37-38-39-40-41-43-45-47-49-51-53-55-57-59-61-63-70(73)79-68(67-78-80(74,75)77-65-64-71(3,4)5)66-76-69(72)62-60-58-56-54-52-50-48-46-44-42-27-25-23-21-19-17-15-13-11-9-7-2/h68H,6-67H2,1-5H3/p+1. The lowest BCUT2D eigenvalue weighted by molar-refractivity contribution is -0.870. The van der Waals surface area contributed by atoms with Gasteiger partial charge in [0.1, 0.15) is 19.8 Å². The summed E-state index contributed by atoms with van der Waals surface area (Å²) in [5.74, 6) is -0.768. The van der Waals surface area contributed by atoms with E-state index in [2.05, 4.69) is 13.8 Å². The molecule has 0 saturated carbocycles. The molecule has 0 aliphatic heterocycles. The van der Waals surface area contributed by atoms with E-state index < -0.39 is 26.5 Å². The van der Waals surface area contributed by atoms with Crippen LogP contribution in [0.2, 0.25) is 0 Å². The average molecular weight is 1160 g/mol. The molecule has 0 aromatic rings. The molecular weight excluding hydrogens is 1010 g/mol. The maximum atomic E-state index is 12.9. The van der Waals surface area contributed by atoms with Gasteiger partial charge >= 0.3 is 19.8 Å². The highest BCUT2D eigenvalue weighted by atomic mass is 31.2. The minimum absolute atomic E-state index is 0.0377. The summed E-state index contributed by atoms with van der Waals surface area (Å²) in [6.45, 7) is 4.53. The number of phosphoric acid groups is 1. The molecule has 9 nitrogen and oxygen atoms in total. The smallest absolute Gasteiger partial charge is 0.462 e. The van der Waals surface area contributed by atoms with E-state index >= 15 is 0 Å². The molecule has 2 atom stereocenters. The number of rotatable bonds is 68. The Bertz CT molecular complexity index is 1310. The van der Waals surface area contributed by atoms with Gasteiger partial charge in [0.2, 0.25) is 0 Å². The van der Waals surface area contributed by atoms with Gasteiger partial charge in [-0.05, 0) is 12.8 Å². The maximum Gasteiger partial charge on any atom is 0.472 e. The van der Waals surface area contributed by atoms with E-state index in [4.69, 9.17) is 18.5 Å². The summed E-state index contributed by atoms with van der Waals surface area (Å²) in [6, 6.07) is 0. The van der Waals surface area contributed by atoms with Gasteiger partial charge in [0.05, 0.1) is 27.7 Å². The van der Waals surface area contributed by atoms with Crippen molar-refractivity contribution in [2.75, 3.05) is 47.5 Å². The largest absolute Gasteiger partial charge is 0.472 e. The monoisotopic (exact) mass is 1160 g/mol. The fourth-order valence-corrected chi connectivity index (χ4v) is 11.9. The van der Waals surface area contributed by atoms with Crippen LogP contribution < -0.4 is 0 Å². The summed E-state index contributed by atoms with van der Waals surface area (Å²) >= 11 is 0. The van der Waals surface area contributed by atoms with Gasteiger partial charge in [-0.25, -0.2) is 4.57 Å². The Morgan fingerprint density at radius 3 is 0.800 bits per heavy atom. The molecule has 0 amide bonds. The van der Waals surface area contributed by atoms with Crippen LogP contribution in [-0.4, -0.2) is 74.9 Å². The predicted octanol–water partition coefficient (Wildman–Crippen LogP) is 22.9. The lowest BCUT2D eigenvalue weighted by Crippen LogP contribution is -2.37. The lowest BCUT2D eigenvalue weighted by Gasteiger charge is -2.24. The summed E-state index contributed by atoms with van der Waals surface area (Å²) in [7, 11) is 1.51. The Kier molecular flexibility index (Phi) is 61.8. The minimum atomic E-state index is -4.38. The molecule has 0 fully saturated rings. The van der Waals surface area contributed by atoms with Crippen molar-refractivity contribution in [1.82, 2.24) is 0 Å². The van der Waals surface area contributed by atoms with Crippen molar-refractivity contribution in [2.45, 2.75) is 392 Å². The van der Waals surface area contributed by atoms with Gasteiger partial charge in [-0.3, -0.25) is 18.6 Å². The highest BCUT2D eigenvalue weighted by Crippen LogP contribution is 2.43. The van der Waals surface area contributed by atoms with Crippen LogP contribution in [0.3, 0.4) is 0 Å². The van der Waals surface area contributed by atoms with Crippen LogP contribution in [-0.2, 0) is 32.7 Å². The number of ether oxygens (including phenoxy) is 2. The van der Waals surface area contributed by atoms with Crippen LogP contribution in [0, 0.1) is 0 Å². The van der Waals surface area contributed by atoms with Gasteiger partial charge in [-0.2, -0.15) is 0 Å². The molecule has 2 unspecified atom stereocenters. The summed E-state index contributed by atoms with van der Waals surface area (Å²) in [5.41, 5.74) is 0. The van der Waals surface area contributed by atoms with E-state index in [0.29, 0.717) is 17.4 Å². The Balaban J connectivity index is 3.91. The number of carbonyl (C=O) groups excluding carboxylic acids is 2. The number of unbranched alkanes of at least 4 members (excludes halogenated alkanes) is 54. The third kappa shape index (κ3) is 66.2. The van der Waals surface area contributed by atoms with E-state index in [1.807, 2.05) is 21.1 Å². The van der Waals surface area contributed by atoms with E-state index in [9.17, 15) is 19.0 Å². The van der Waals surface area contributed by atoms with Gasteiger partial charge in [-0.1, -0.05) is 361 Å². The van der Waals surface area contributed by atoms with Crippen LogP contribution in [0.4, 0.5) is 0 Å². The molecule has 478 valence electrons. The molecule has 0 rings (SSSR count). The summed E-state index contributed by atoms with van der Waals surface area (Å²) < 4.78 is 34.7. The third-order valence-corrected chi connectivity index (χ3v) is 17.6. The number of hydrogen-bond donors (Lipinski definition) is 1. The Morgan fingerprint density at radius 2 is 0.562 bits per heavy atom. The first-order valence-corrected chi connectivity index (χ1v) is 37.3. The molecule has 0 bridgehead atoms. The van der Waals surface area contributed by atoms with Crippen LogP contribution in [0.5, 0.6) is 0 Å². The first kappa shape index (κ1) is 79.0. The first-order chi connectivity index (χ1) is 39.0. The minimum Gasteiger partial charge on any atom is -0.462 e. The molecule has 0 aromatic heterocycles. The molecule has 0 radical (unpaired) electrons. The van der Waals surface area contributed by atoms with Crippen molar-refractivity contribution < 1.29 is 42.1 Å². The fraction of sp³-hybridized carbons (Fsp3) is 0.971. The Morgan fingerprint density at radius 1 is 0.338 bits per heavy atom. The summed E-state index contributed by atoms with van der Waals surface area (Å²) in [6.07, 6.45) is 75.1. The molecule has 1 N–H and O–H groups in total. The van der Waals surface area contributed by atoms with E-state index in [1.54, 1.807) is 0 Å². The van der Waals surface area contributed by atoms with Gasteiger partial charge in [0.25, 0.3) is 0 Å². The molecule has 80 heavy (non-hydrogen) atoms. The Hall–Kier alpha value is -0.990. The maximum absolute atomic E-state index is 12.9. The fourth-order valence-electron chi connectivity index (χ4n) is 11.1. The van der Waals surface area contributed by atoms with E-state index in [0.717, 1.165) is 38.5 Å². The zero-order valence-electron chi connectivity index (χ0n) is 54.6. The second kappa shape index (κ2) is 62.5. The van der Waals surface area contributed by atoms with Crippen LogP contribution >= 0.6 is 7.82 Å². The van der Waals surface area contributed by atoms with Crippen molar-refractivity contribution in [3.05, 3.63) is 0 Å². The number of hydrogen-bond acceptors (Lipinski definition) is 7. The molecule has 0 spiro atoms. The number of esters is 2. The van der Waals surface area contributed by atoms with Crippen LogP contribution in [0.25, 0.3) is 0 Å². The number of phosphoric ester groups is 1. The van der Waals surface area contributed by atoms with Crippen LogP contribution in [0.15, 0.2) is 0 Å². The van der Waals surface area contributed by atoms with Crippen molar-refractivity contribution in [2.24, 2.45) is 0 Å². The predicted molar refractivity (Wildman–Crippen MR) is 345 cm³/mol. The number of likely N-dealkylation sites (N-methyl/N-ethyl adjacent to an activating group) is 1. The normalized spacial score (nSPS) is 13.0. The molecule has 0 aromatic carbocycles. The second-order valence-corrected chi connectivity index (χ2v) is 27.5. The van der Waals surface area contributed by atoms with Crippen molar-refractivity contribution in [1.29, 1.82) is 0 Å².